The number of nitrogens with zero attached hydrogens (tertiary/aromatic N) is 2. The average molecular weight is 409 g/mol. The van der Waals surface area contributed by atoms with E-state index in [-0.39, 0.29) is 11.4 Å². The van der Waals surface area contributed by atoms with E-state index in [4.69, 9.17) is 9.94 Å². The number of carbonyl (C=O) groups is 1. The van der Waals surface area contributed by atoms with Gasteiger partial charge in [-0.15, -0.1) is 6.58 Å². The maximum Gasteiger partial charge on any atom is 0.258 e. The van der Waals surface area contributed by atoms with Gasteiger partial charge in [0.05, 0.1) is 18.0 Å². The highest BCUT2D eigenvalue weighted by Gasteiger charge is 2.27. The third kappa shape index (κ3) is 5.84. The Morgan fingerprint density at radius 1 is 1.29 bits per heavy atom. The third-order valence-corrected chi connectivity index (χ3v) is 5.45. The first kappa shape index (κ1) is 21.5. The van der Waals surface area contributed by atoms with Crippen molar-refractivity contribution >= 4 is 15.9 Å². The molecule has 1 aromatic carbocycles. The molecule has 28 heavy (non-hydrogen) atoms. The van der Waals surface area contributed by atoms with Crippen LogP contribution in [0.25, 0.3) is 0 Å². The second-order valence-electron chi connectivity index (χ2n) is 5.69. The highest BCUT2D eigenvalue weighted by atomic mass is 32.2. The van der Waals surface area contributed by atoms with Crippen molar-refractivity contribution in [2.45, 2.75) is 17.9 Å². The molecule has 1 amide bonds. The summed E-state index contributed by atoms with van der Waals surface area (Å²) in [6, 6.07) is 8.15. The lowest BCUT2D eigenvalue weighted by molar-refractivity contribution is -0.129. The number of halogens is 1. The number of nitrogens with one attached hydrogen (secondary N) is 1. The normalized spacial score (nSPS) is 11.2. The summed E-state index contributed by atoms with van der Waals surface area (Å²) >= 11 is 0. The topological polar surface area (TPSA) is 109 Å². The molecule has 0 bridgehead atoms. The molecule has 2 aromatic rings. The van der Waals surface area contributed by atoms with E-state index in [1.807, 2.05) is 0 Å². The minimum absolute atomic E-state index is 0.0654. The van der Waals surface area contributed by atoms with Gasteiger partial charge in [0.2, 0.25) is 16.0 Å². The Balaban J connectivity index is 2.25. The van der Waals surface area contributed by atoms with Gasteiger partial charge in [0.15, 0.2) is 0 Å². The molecule has 2 N–H and O–H groups in total. The number of carbonyl (C=O) groups excluding carboxylic acids is 1. The minimum Gasteiger partial charge on any atom is -0.493 e. The van der Waals surface area contributed by atoms with E-state index in [1.165, 1.54) is 42.0 Å². The van der Waals surface area contributed by atoms with E-state index >= 15 is 0 Å². The van der Waals surface area contributed by atoms with Crippen molar-refractivity contribution in [1.82, 2.24) is 14.8 Å². The molecule has 1 aromatic heterocycles. The lowest BCUT2D eigenvalue weighted by atomic mass is 10.3. The molecule has 0 aliphatic heterocycles. The highest BCUT2D eigenvalue weighted by molar-refractivity contribution is 7.89. The second-order valence-corrected chi connectivity index (χ2v) is 7.63. The van der Waals surface area contributed by atoms with Crippen molar-refractivity contribution in [3.05, 3.63) is 66.8 Å². The van der Waals surface area contributed by atoms with Crippen LogP contribution in [0, 0.1) is 5.95 Å². The van der Waals surface area contributed by atoms with E-state index in [9.17, 15) is 17.6 Å². The molecule has 8 nitrogen and oxygen atoms in total. The van der Waals surface area contributed by atoms with Crippen LogP contribution in [-0.2, 0) is 21.4 Å². The Kier molecular flexibility index (Phi) is 7.61. The second kappa shape index (κ2) is 9.93. The summed E-state index contributed by atoms with van der Waals surface area (Å²) in [6.45, 7) is 3.13. The molecule has 0 unspecified atom stereocenters. The monoisotopic (exact) mass is 409 g/mol. The van der Waals surface area contributed by atoms with Crippen LogP contribution in [0.1, 0.15) is 12.0 Å². The molecule has 0 aliphatic rings. The zero-order valence-electron chi connectivity index (χ0n) is 14.9. The summed E-state index contributed by atoms with van der Waals surface area (Å²) in [5.74, 6) is -1.13. The first-order valence-corrected chi connectivity index (χ1v) is 9.68. The van der Waals surface area contributed by atoms with Crippen molar-refractivity contribution in [1.29, 1.82) is 0 Å². The molecule has 0 spiro atoms. The van der Waals surface area contributed by atoms with Crippen molar-refractivity contribution in [3.63, 3.8) is 0 Å². The number of ether oxygens (including phenoxy) is 1. The largest absolute Gasteiger partial charge is 0.493 e. The van der Waals surface area contributed by atoms with Crippen molar-refractivity contribution in [2.75, 3.05) is 13.2 Å². The van der Waals surface area contributed by atoms with Crippen LogP contribution in [0.15, 0.2) is 60.1 Å². The van der Waals surface area contributed by atoms with Gasteiger partial charge in [-0.2, -0.15) is 8.70 Å². The average Bonchev–Trinajstić information content (AvgIpc) is 2.69. The fourth-order valence-electron chi connectivity index (χ4n) is 2.24. The third-order valence-electron chi connectivity index (χ3n) is 3.64. The van der Waals surface area contributed by atoms with Crippen molar-refractivity contribution in [3.8, 4) is 5.75 Å². The Morgan fingerprint density at radius 3 is 2.57 bits per heavy atom. The molecule has 0 saturated carbocycles. The van der Waals surface area contributed by atoms with Gasteiger partial charge in [0.25, 0.3) is 5.91 Å². The predicted molar refractivity (Wildman–Crippen MR) is 98.5 cm³/mol. The number of amides is 1. The quantitative estimate of drug-likeness (QED) is 0.204. The van der Waals surface area contributed by atoms with Crippen molar-refractivity contribution in [2.24, 2.45) is 0 Å². The van der Waals surface area contributed by atoms with Gasteiger partial charge in [0, 0.05) is 12.7 Å². The van der Waals surface area contributed by atoms with Crippen LogP contribution in [0.3, 0.4) is 0 Å². The number of hydrogen-bond acceptors (Lipinski definition) is 6. The number of hydroxylamine groups is 1. The summed E-state index contributed by atoms with van der Waals surface area (Å²) in [4.78, 5) is 15.0. The molecular weight excluding hydrogens is 389 g/mol. The van der Waals surface area contributed by atoms with Crippen LogP contribution in [-0.4, -0.2) is 42.0 Å². The molecule has 150 valence electrons. The first-order chi connectivity index (χ1) is 13.4. The molecular formula is C18H20FN3O5S. The molecule has 0 aliphatic carbocycles. The van der Waals surface area contributed by atoms with E-state index in [0.717, 1.165) is 10.4 Å². The van der Waals surface area contributed by atoms with Gasteiger partial charge in [0.1, 0.15) is 5.75 Å². The lowest BCUT2D eigenvalue weighted by Crippen LogP contribution is -2.39. The summed E-state index contributed by atoms with van der Waals surface area (Å²) in [5.41, 5.74) is 1.78. The number of sulfonamides is 1. The predicted octanol–water partition coefficient (Wildman–Crippen LogP) is 1.87. The van der Waals surface area contributed by atoms with Gasteiger partial charge in [-0.05, 0) is 42.3 Å². The van der Waals surface area contributed by atoms with Gasteiger partial charge < -0.3 is 4.74 Å². The van der Waals surface area contributed by atoms with Gasteiger partial charge in [-0.3, -0.25) is 10.0 Å². The standard InChI is InChI=1S/C18H20FN3O5S/c1-2-3-10-27-15-5-7-16(8-6-15)28(25,26)22(13-18(23)21-24)12-14-4-9-17(19)20-11-14/h2,4-9,11,24H,1,3,10,12-13H2,(H,21,23). The van der Waals surface area contributed by atoms with Crippen LogP contribution >= 0.6 is 0 Å². The Morgan fingerprint density at radius 2 is 2.00 bits per heavy atom. The van der Waals surface area contributed by atoms with E-state index < -0.39 is 28.4 Å². The van der Waals surface area contributed by atoms with Crippen LogP contribution in [0.4, 0.5) is 4.39 Å². The van der Waals surface area contributed by atoms with E-state index in [1.54, 1.807) is 6.08 Å². The van der Waals surface area contributed by atoms with Crippen LogP contribution in [0.5, 0.6) is 5.75 Å². The summed E-state index contributed by atoms with van der Waals surface area (Å²) < 4.78 is 45.2. The highest BCUT2D eigenvalue weighted by Crippen LogP contribution is 2.21. The van der Waals surface area contributed by atoms with Gasteiger partial charge in [-0.25, -0.2) is 18.9 Å². The molecule has 0 fully saturated rings. The Labute approximate surface area is 162 Å². The Hall–Kier alpha value is -2.82. The number of pyridine rings is 1. The fraction of sp³-hybridized carbons (Fsp3) is 0.222. The minimum atomic E-state index is -4.09. The van der Waals surface area contributed by atoms with E-state index in [2.05, 4.69) is 11.6 Å². The summed E-state index contributed by atoms with van der Waals surface area (Å²) in [6.07, 6.45) is 3.52. The molecule has 0 saturated heterocycles. The van der Waals surface area contributed by atoms with E-state index in [0.29, 0.717) is 24.3 Å². The van der Waals surface area contributed by atoms with Crippen LogP contribution < -0.4 is 10.2 Å². The molecule has 10 heteroatoms. The smallest absolute Gasteiger partial charge is 0.258 e. The SMILES string of the molecule is C=CCCOc1ccc(S(=O)(=O)N(CC(=O)NO)Cc2ccc(F)nc2)cc1. The molecule has 1 heterocycles. The van der Waals surface area contributed by atoms with Crippen LogP contribution in [0.2, 0.25) is 0 Å². The van der Waals surface area contributed by atoms with Gasteiger partial charge in [-0.1, -0.05) is 12.1 Å². The lowest BCUT2D eigenvalue weighted by Gasteiger charge is -2.21. The maximum absolute atomic E-state index is 13.0. The zero-order chi connectivity index (χ0) is 20.6. The zero-order valence-corrected chi connectivity index (χ0v) is 15.7. The number of hydrogen-bond donors (Lipinski definition) is 2. The number of aromatic nitrogens is 1. The van der Waals surface area contributed by atoms with Crippen molar-refractivity contribution < 1.29 is 27.5 Å². The van der Waals surface area contributed by atoms with Gasteiger partial charge >= 0.3 is 0 Å². The maximum atomic E-state index is 13.0. The summed E-state index contributed by atoms with van der Waals surface area (Å²) in [5, 5.41) is 8.76. The fourth-order valence-corrected chi connectivity index (χ4v) is 3.63. The number of rotatable bonds is 10. The number of benzene rings is 1. The molecule has 2 rings (SSSR count). The first-order valence-electron chi connectivity index (χ1n) is 8.24. The molecule has 0 atom stereocenters. The molecule has 0 radical (unpaired) electrons. The Bertz CT molecular complexity index is 902. The summed E-state index contributed by atoms with van der Waals surface area (Å²) in [7, 11) is -4.09.